The Morgan fingerprint density at radius 3 is 2.62 bits per heavy atom. The molecule has 1 aliphatic rings. The summed E-state index contributed by atoms with van der Waals surface area (Å²) in [4.78, 5) is 21.0. The molecule has 21 heavy (non-hydrogen) atoms. The van der Waals surface area contributed by atoms with Gasteiger partial charge in [0.1, 0.15) is 5.69 Å². The van der Waals surface area contributed by atoms with Gasteiger partial charge in [-0.15, -0.1) is 0 Å². The van der Waals surface area contributed by atoms with Crippen LogP contribution in [0.5, 0.6) is 0 Å². The van der Waals surface area contributed by atoms with Gasteiger partial charge in [-0.2, -0.15) is 0 Å². The Bertz CT molecular complexity index is 467. The lowest BCUT2D eigenvalue weighted by Gasteiger charge is -2.16. The second-order valence-electron chi connectivity index (χ2n) is 5.81. The van der Waals surface area contributed by atoms with Crippen molar-refractivity contribution in [3.63, 3.8) is 0 Å². The van der Waals surface area contributed by atoms with Crippen LogP contribution in [0.15, 0.2) is 6.07 Å². The number of hydrogen-bond acceptors (Lipinski definition) is 4. The highest BCUT2D eigenvalue weighted by Gasteiger charge is 2.17. The second kappa shape index (κ2) is 7.96. The largest absolute Gasteiger partial charge is 0.354 e. The van der Waals surface area contributed by atoms with Gasteiger partial charge in [0.2, 0.25) is 5.95 Å². The molecule has 1 aromatic heterocycles. The number of carbonyl (C=O) groups is 1. The fourth-order valence-electron chi connectivity index (χ4n) is 2.68. The molecule has 1 fully saturated rings. The van der Waals surface area contributed by atoms with Crippen LogP contribution in [-0.2, 0) is 0 Å². The van der Waals surface area contributed by atoms with Crippen LogP contribution in [0.4, 0.5) is 5.95 Å². The van der Waals surface area contributed by atoms with E-state index in [2.05, 4.69) is 27.5 Å². The quantitative estimate of drug-likeness (QED) is 0.818. The molecule has 0 spiro atoms. The first-order valence-electron chi connectivity index (χ1n) is 8.09. The van der Waals surface area contributed by atoms with Gasteiger partial charge < -0.3 is 10.6 Å². The highest BCUT2D eigenvalue weighted by molar-refractivity contribution is 5.92. The number of aromatic nitrogens is 2. The molecule has 1 aliphatic carbocycles. The molecule has 0 unspecified atom stereocenters. The molecule has 0 aromatic carbocycles. The number of nitrogens with zero attached hydrogens (tertiary/aromatic N) is 2. The Kier molecular flexibility index (Phi) is 5.96. The summed E-state index contributed by atoms with van der Waals surface area (Å²) in [6, 6.07) is 2.05. The summed E-state index contributed by atoms with van der Waals surface area (Å²) in [6.45, 7) is 4.79. The monoisotopic (exact) mass is 290 g/mol. The smallest absolute Gasteiger partial charge is 0.270 e. The van der Waals surface area contributed by atoms with Crippen LogP contribution in [0, 0.1) is 6.92 Å². The summed E-state index contributed by atoms with van der Waals surface area (Å²) >= 11 is 0. The van der Waals surface area contributed by atoms with Crippen molar-refractivity contribution in [2.24, 2.45) is 0 Å². The molecule has 1 heterocycles. The van der Waals surface area contributed by atoms with E-state index in [1.54, 1.807) is 6.07 Å². The normalized spacial score (nSPS) is 16.3. The Hall–Kier alpha value is -1.65. The first-order valence-corrected chi connectivity index (χ1v) is 8.09. The van der Waals surface area contributed by atoms with Crippen LogP contribution in [0.1, 0.15) is 68.1 Å². The average molecular weight is 290 g/mol. The molecular weight excluding hydrogens is 264 g/mol. The Balaban J connectivity index is 2.01. The van der Waals surface area contributed by atoms with E-state index in [1.165, 1.54) is 25.7 Å². The number of carbonyl (C=O) groups excluding carboxylic acids is 1. The molecule has 5 nitrogen and oxygen atoms in total. The van der Waals surface area contributed by atoms with Crippen molar-refractivity contribution >= 4 is 11.9 Å². The number of aryl methyl sites for hydroxylation is 1. The van der Waals surface area contributed by atoms with E-state index in [1.807, 2.05) is 6.92 Å². The molecule has 0 aliphatic heterocycles. The molecular formula is C16H26N4O. The second-order valence-corrected chi connectivity index (χ2v) is 5.81. The maximum Gasteiger partial charge on any atom is 0.270 e. The Morgan fingerprint density at radius 1 is 1.24 bits per heavy atom. The van der Waals surface area contributed by atoms with Gasteiger partial charge in [-0.05, 0) is 32.3 Å². The van der Waals surface area contributed by atoms with Crippen LogP contribution in [0.3, 0.4) is 0 Å². The van der Waals surface area contributed by atoms with Crippen LogP contribution in [-0.4, -0.2) is 28.5 Å². The first-order chi connectivity index (χ1) is 10.2. The van der Waals surface area contributed by atoms with Crippen molar-refractivity contribution in [3.05, 3.63) is 17.5 Å². The lowest BCUT2D eigenvalue weighted by Crippen LogP contribution is -2.35. The number of hydrogen-bond donors (Lipinski definition) is 2. The predicted molar refractivity (Wildman–Crippen MR) is 84.5 cm³/mol. The summed E-state index contributed by atoms with van der Waals surface area (Å²) < 4.78 is 0. The Labute approximate surface area is 127 Å². The summed E-state index contributed by atoms with van der Waals surface area (Å²) in [7, 11) is 0. The number of amides is 1. The number of anilines is 1. The standard InChI is InChI=1S/C16H26N4O/c1-3-10-17-16-18-12(2)11-14(20-16)15(21)19-13-8-6-4-5-7-9-13/h11,13H,3-10H2,1-2H3,(H,19,21)(H,17,18,20). The van der Waals surface area contributed by atoms with Crippen LogP contribution < -0.4 is 10.6 Å². The minimum atomic E-state index is -0.0769. The molecule has 0 saturated heterocycles. The van der Waals surface area contributed by atoms with E-state index >= 15 is 0 Å². The van der Waals surface area contributed by atoms with Gasteiger partial charge in [0.15, 0.2) is 0 Å². The van der Waals surface area contributed by atoms with E-state index in [0.717, 1.165) is 31.5 Å². The Morgan fingerprint density at radius 2 is 1.95 bits per heavy atom. The third-order valence-electron chi connectivity index (χ3n) is 3.81. The third kappa shape index (κ3) is 4.99. The summed E-state index contributed by atoms with van der Waals surface area (Å²) in [5, 5.41) is 6.27. The van der Waals surface area contributed by atoms with Crippen molar-refractivity contribution < 1.29 is 4.79 Å². The van der Waals surface area contributed by atoms with Crippen molar-refractivity contribution in [1.82, 2.24) is 15.3 Å². The third-order valence-corrected chi connectivity index (χ3v) is 3.81. The van der Waals surface area contributed by atoms with E-state index in [0.29, 0.717) is 17.7 Å². The molecule has 0 bridgehead atoms. The van der Waals surface area contributed by atoms with Gasteiger partial charge in [-0.25, -0.2) is 9.97 Å². The molecule has 2 N–H and O–H groups in total. The number of nitrogens with one attached hydrogen (secondary N) is 2. The fraction of sp³-hybridized carbons (Fsp3) is 0.688. The highest BCUT2D eigenvalue weighted by atomic mass is 16.1. The van der Waals surface area contributed by atoms with Gasteiger partial charge in [0, 0.05) is 18.3 Å². The molecule has 5 heteroatoms. The van der Waals surface area contributed by atoms with E-state index in [9.17, 15) is 4.79 Å². The summed E-state index contributed by atoms with van der Waals surface area (Å²) in [6.07, 6.45) is 8.14. The van der Waals surface area contributed by atoms with Crippen LogP contribution in [0.2, 0.25) is 0 Å². The fourth-order valence-corrected chi connectivity index (χ4v) is 2.68. The van der Waals surface area contributed by atoms with Crippen molar-refractivity contribution in [3.8, 4) is 0 Å². The maximum absolute atomic E-state index is 12.4. The van der Waals surface area contributed by atoms with Crippen LogP contribution in [0.25, 0.3) is 0 Å². The first kappa shape index (κ1) is 15.7. The zero-order valence-electron chi connectivity index (χ0n) is 13.1. The highest BCUT2D eigenvalue weighted by Crippen LogP contribution is 2.17. The lowest BCUT2D eigenvalue weighted by atomic mass is 10.1. The van der Waals surface area contributed by atoms with Gasteiger partial charge in [0.25, 0.3) is 5.91 Å². The van der Waals surface area contributed by atoms with Gasteiger partial charge in [-0.3, -0.25) is 4.79 Å². The number of rotatable bonds is 5. The maximum atomic E-state index is 12.4. The molecule has 0 radical (unpaired) electrons. The zero-order chi connectivity index (χ0) is 15.1. The summed E-state index contributed by atoms with van der Waals surface area (Å²) in [5.41, 5.74) is 1.28. The van der Waals surface area contributed by atoms with Gasteiger partial charge in [-0.1, -0.05) is 32.6 Å². The van der Waals surface area contributed by atoms with E-state index < -0.39 is 0 Å². The molecule has 1 saturated carbocycles. The SMILES string of the molecule is CCCNc1nc(C)cc(C(=O)NC2CCCCCC2)n1. The molecule has 1 amide bonds. The molecule has 2 rings (SSSR count). The predicted octanol–water partition coefficient (Wildman–Crippen LogP) is 3.06. The van der Waals surface area contributed by atoms with E-state index in [4.69, 9.17) is 0 Å². The van der Waals surface area contributed by atoms with Crippen molar-refractivity contribution in [2.45, 2.75) is 64.8 Å². The molecule has 116 valence electrons. The zero-order valence-corrected chi connectivity index (χ0v) is 13.1. The van der Waals surface area contributed by atoms with E-state index in [-0.39, 0.29) is 5.91 Å². The minimum Gasteiger partial charge on any atom is -0.354 e. The molecule has 1 aromatic rings. The van der Waals surface area contributed by atoms with Crippen molar-refractivity contribution in [1.29, 1.82) is 0 Å². The minimum absolute atomic E-state index is 0.0769. The van der Waals surface area contributed by atoms with Crippen LogP contribution >= 0.6 is 0 Å². The van der Waals surface area contributed by atoms with Gasteiger partial charge >= 0.3 is 0 Å². The van der Waals surface area contributed by atoms with Gasteiger partial charge in [0.05, 0.1) is 0 Å². The average Bonchev–Trinajstić information content (AvgIpc) is 2.73. The topological polar surface area (TPSA) is 66.9 Å². The van der Waals surface area contributed by atoms with Crippen molar-refractivity contribution in [2.75, 3.05) is 11.9 Å². The summed E-state index contributed by atoms with van der Waals surface area (Å²) in [5.74, 6) is 0.467. The lowest BCUT2D eigenvalue weighted by molar-refractivity contribution is 0.0928. The molecule has 0 atom stereocenters.